The Morgan fingerprint density at radius 3 is 2.29 bits per heavy atom. The van der Waals surface area contributed by atoms with Crippen LogP contribution in [0.15, 0.2) is 24.3 Å². The summed E-state index contributed by atoms with van der Waals surface area (Å²) in [5.41, 5.74) is 1.02. The van der Waals surface area contributed by atoms with Crippen molar-refractivity contribution in [1.29, 1.82) is 0 Å². The van der Waals surface area contributed by atoms with Gasteiger partial charge in [0.15, 0.2) is 5.79 Å². The van der Waals surface area contributed by atoms with Crippen LogP contribution in [0.1, 0.15) is 18.9 Å². The van der Waals surface area contributed by atoms with Gasteiger partial charge in [0.25, 0.3) is 0 Å². The molecule has 1 aliphatic rings. The Balaban J connectivity index is 2.23. The maximum Gasteiger partial charge on any atom is 0.191 e. The summed E-state index contributed by atoms with van der Waals surface area (Å²) in [4.78, 5) is 0. The molecule has 0 N–H and O–H groups in total. The predicted molar refractivity (Wildman–Crippen MR) is 55.3 cm³/mol. The monoisotopic (exact) mass is 212 g/mol. The quantitative estimate of drug-likeness (QED) is 0.713. The Morgan fingerprint density at radius 2 is 1.71 bits per heavy atom. The fraction of sp³-hybridized carbons (Fsp3) is 0.455. The van der Waals surface area contributed by atoms with Crippen molar-refractivity contribution >= 4 is 11.6 Å². The number of ether oxygens (including phenoxy) is 2. The molecule has 0 amide bonds. The van der Waals surface area contributed by atoms with Gasteiger partial charge in [0.05, 0.1) is 13.2 Å². The van der Waals surface area contributed by atoms with Crippen molar-refractivity contribution in [3.63, 3.8) is 0 Å². The zero-order chi connectivity index (χ0) is 10.0. The van der Waals surface area contributed by atoms with Gasteiger partial charge < -0.3 is 9.47 Å². The third-order valence-corrected chi connectivity index (χ3v) is 2.66. The van der Waals surface area contributed by atoms with Gasteiger partial charge in [0, 0.05) is 10.6 Å². The summed E-state index contributed by atoms with van der Waals surface area (Å²) < 4.78 is 11.3. The van der Waals surface area contributed by atoms with E-state index in [1.54, 1.807) is 0 Å². The molecule has 14 heavy (non-hydrogen) atoms. The topological polar surface area (TPSA) is 18.5 Å². The Kier molecular flexibility index (Phi) is 2.77. The van der Waals surface area contributed by atoms with E-state index >= 15 is 0 Å². The fourth-order valence-corrected chi connectivity index (χ4v) is 1.68. The molecule has 1 heterocycles. The van der Waals surface area contributed by atoms with Crippen molar-refractivity contribution < 1.29 is 9.47 Å². The molecule has 1 fully saturated rings. The summed E-state index contributed by atoms with van der Waals surface area (Å²) in [6, 6.07) is 7.58. The van der Waals surface area contributed by atoms with E-state index in [0.717, 1.165) is 30.2 Å². The van der Waals surface area contributed by atoms with E-state index in [9.17, 15) is 0 Å². The van der Waals surface area contributed by atoms with E-state index in [2.05, 4.69) is 0 Å². The maximum absolute atomic E-state index is 5.81. The van der Waals surface area contributed by atoms with Crippen LogP contribution in [0.25, 0.3) is 0 Å². The molecule has 1 aromatic rings. The molecule has 0 atom stereocenters. The lowest BCUT2D eigenvalue weighted by atomic mass is 10.1. The lowest BCUT2D eigenvalue weighted by molar-refractivity contribution is -0.264. The first-order valence-corrected chi connectivity index (χ1v) is 5.12. The molecule has 3 heteroatoms. The molecule has 0 unspecified atom stereocenters. The number of halogens is 1. The molecule has 0 radical (unpaired) electrons. The first-order chi connectivity index (χ1) is 6.71. The smallest absolute Gasteiger partial charge is 0.191 e. The normalized spacial score (nSPS) is 20.7. The van der Waals surface area contributed by atoms with Crippen LogP contribution in [0.2, 0.25) is 5.02 Å². The van der Waals surface area contributed by atoms with Crippen LogP contribution in [0, 0.1) is 0 Å². The summed E-state index contributed by atoms with van der Waals surface area (Å²) in [5.74, 6) is -0.594. The van der Waals surface area contributed by atoms with Crippen LogP contribution in [0.3, 0.4) is 0 Å². The van der Waals surface area contributed by atoms with Crippen LogP contribution in [-0.4, -0.2) is 13.2 Å². The average Bonchev–Trinajstić information content (AvgIpc) is 2.19. The van der Waals surface area contributed by atoms with Crippen molar-refractivity contribution in [1.82, 2.24) is 0 Å². The second kappa shape index (κ2) is 3.89. The van der Waals surface area contributed by atoms with Crippen molar-refractivity contribution in [3.05, 3.63) is 34.9 Å². The standard InChI is InChI=1S/C11H13ClO2/c1-11(13-7-2-8-14-11)9-3-5-10(12)6-4-9/h3-6H,2,7-8H2,1H3. The Labute approximate surface area is 88.8 Å². The Bertz CT molecular complexity index is 302. The molecule has 2 rings (SSSR count). The van der Waals surface area contributed by atoms with E-state index in [4.69, 9.17) is 21.1 Å². The maximum atomic E-state index is 5.81. The van der Waals surface area contributed by atoms with Crippen molar-refractivity contribution in [2.75, 3.05) is 13.2 Å². The minimum atomic E-state index is -0.594. The summed E-state index contributed by atoms with van der Waals surface area (Å²) in [5, 5.41) is 0.730. The van der Waals surface area contributed by atoms with E-state index in [1.807, 2.05) is 31.2 Å². The van der Waals surface area contributed by atoms with Crippen molar-refractivity contribution in [3.8, 4) is 0 Å². The molecule has 0 bridgehead atoms. The summed E-state index contributed by atoms with van der Waals surface area (Å²) in [7, 11) is 0. The molecule has 2 nitrogen and oxygen atoms in total. The summed E-state index contributed by atoms with van der Waals surface area (Å²) in [6.45, 7) is 3.44. The largest absolute Gasteiger partial charge is 0.346 e. The lowest BCUT2D eigenvalue weighted by Crippen LogP contribution is -2.34. The van der Waals surface area contributed by atoms with Crippen LogP contribution in [0.5, 0.6) is 0 Å². The second-order valence-corrected chi connectivity index (χ2v) is 3.94. The van der Waals surface area contributed by atoms with Crippen molar-refractivity contribution in [2.24, 2.45) is 0 Å². The van der Waals surface area contributed by atoms with Crippen LogP contribution in [-0.2, 0) is 15.3 Å². The van der Waals surface area contributed by atoms with Gasteiger partial charge in [-0.1, -0.05) is 23.7 Å². The lowest BCUT2D eigenvalue weighted by Gasteiger charge is -2.34. The van der Waals surface area contributed by atoms with E-state index in [1.165, 1.54) is 0 Å². The number of benzene rings is 1. The third kappa shape index (κ3) is 1.92. The average molecular weight is 213 g/mol. The van der Waals surface area contributed by atoms with Gasteiger partial charge in [-0.2, -0.15) is 0 Å². The van der Waals surface area contributed by atoms with Gasteiger partial charge >= 0.3 is 0 Å². The SMILES string of the molecule is CC1(c2ccc(Cl)cc2)OCCCO1. The number of rotatable bonds is 1. The number of hydrogen-bond donors (Lipinski definition) is 0. The molecular formula is C11H13ClO2. The minimum Gasteiger partial charge on any atom is -0.346 e. The zero-order valence-corrected chi connectivity index (χ0v) is 8.88. The number of hydrogen-bond acceptors (Lipinski definition) is 2. The van der Waals surface area contributed by atoms with Gasteiger partial charge in [-0.05, 0) is 25.5 Å². The highest BCUT2D eigenvalue weighted by Crippen LogP contribution is 2.30. The van der Waals surface area contributed by atoms with Crippen LogP contribution in [0.4, 0.5) is 0 Å². The molecule has 0 aromatic heterocycles. The highest BCUT2D eigenvalue weighted by Gasteiger charge is 2.30. The predicted octanol–water partition coefficient (Wildman–Crippen LogP) is 2.95. The van der Waals surface area contributed by atoms with Gasteiger partial charge in [-0.15, -0.1) is 0 Å². The van der Waals surface area contributed by atoms with E-state index < -0.39 is 5.79 Å². The first-order valence-electron chi connectivity index (χ1n) is 4.75. The first kappa shape index (κ1) is 9.97. The molecular weight excluding hydrogens is 200 g/mol. The highest BCUT2D eigenvalue weighted by atomic mass is 35.5. The van der Waals surface area contributed by atoms with E-state index in [0.29, 0.717) is 0 Å². The molecule has 0 aliphatic carbocycles. The molecule has 0 spiro atoms. The molecule has 1 aromatic carbocycles. The summed E-state index contributed by atoms with van der Waals surface area (Å²) >= 11 is 5.81. The van der Waals surface area contributed by atoms with Crippen LogP contribution >= 0.6 is 11.6 Å². The molecule has 0 saturated carbocycles. The molecule has 1 saturated heterocycles. The highest BCUT2D eigenvalue weighted by molar-refractivity contribution is 6.30. The molecule has 76 valence electrons. The molecule has 1 aliphatic heterocycles. The minimum absolute atomic E-state index is 0.594. The second-order valence-electron chi connectivity index (χ2n) is 3.50. The Morgan fingerprint density at radius 1 is 1.14 bits per heavy atom. The fourth-order valence-electron chi connectivity index (χ4n) is 1.55. The van der Waals surface area contributed by atoms with E-state index in [-0.39, 0.29) is 0 Å². The van der Waals surface area contributed by atoms with Gasteiger partial charge in [-0.25, -0.2) is 0 Å². The van der Waals surface area contributed by atoms with Crippen molar-refractivity contribution in [2.45, 2.75) is 19.1 Å². The van der Waals surface area contributed by atoms with Gasteiger partial charge in [0.1, 0.15) is 0 Å². The van der Waals surface area contributed by atoms with Crippen LogP contribution < -0.4 is 0 Å². The Hall–Kier alpha value is -0.570. The van der Waals surface area contributed by atoms with Gasteiger partial charge in [-0.3, -0.25) is 0 Å². The summed E-state index contributed by atoms with van der Waals surface area (Å²) in [6.07, 6.45) is 0.961. The third-order valence-electron chi connectivity index (χ3n) is 2.41. The zero-order valence-electron chi connectivity index (χ0n) is 8.13. The van der Waals surface area contributed by atoms with Gasteiger partial charge in [0.2, 0.25) is 0 Å².